The molecule has 1 fully saturated rings. The molecule has 0 saturated carbocycles. The standard InChI is InChI=1S/C11H15N3O4/c1-2-3-14-5-7(4-9(14)15)12-11-13-8(6-18-11)10(16)17/h6-7H,2-5H2,1H3,(H,12,13)(H,16,17). The minimum atomic E-state index is -1.14. The number of carboxylic acid groups (broad SMARTS) is 1. The minimum Gasteiger partial charge on any atom is -0.476 e. The number of hydrogen-bond acceptors (Lipinski definition) is 5. The first-order valence-corrected chi connectivity index (χ1v) is 5.83. The first-order valence-electron chi connectivity index (χ1n) is 5.83. The van der Waals surface area contributed by atoms with Gasteiger partial charge in [-0.05, 0) is 6.42 Å². The summed E-state index contributed by atoms with van der Waals surface area (Å²) in [6.07, 6.45) is 2.37. The third-order valence-electron chi connectivity index (χ3n) is 2.76. The summed E-state index contributed by atoms with van der Waals surface area (Å²) in [5.74, 6) is -1.04. The highest BCUT2D eigenvalue weighted by atomic mass is 16.4. The van der Waals surface area contributed by atoms with Crippen molar-refractivity contribution >= 4 is 17.9 Å². The molecule has 1 aromatic rings. The van der Waals surface area contributed by atoms with E-state index in [9.17, 15) is 9.59 Å². The summed E-state index contributed by atoms with van der Waals surface area (Å²) in [7, 11) is 0. The predicted molar refractivity (Wildman–Crippen MR) is 62.4 cm³/mol. The van der Waals surface area contributed by atoms with Crippen LogP contribution in [0.5, 0.6) is 0 Å². The van der Waals surface area contributed by atoms with E-state index in [0.29, 0.717) is 13.0 Å². The molecule has 7 nitrogen and oxygen atoms in total. The maximum atomic E-state index is 11.6. The largest absolute Gasteiger partial charge is 0.476 e. The average molecular weight is 253 g/mol. The van der Waals surface area contributed by atoms with Crippen molar-refractivity contribution in [2.75, 3.05) is 18.4 Å². The summed E-state index contributed by atoms with van der Waals surface area (Å²) in [4.78, 5) is 27.8. The summed E-state index contributed by atoms with van der Waals surface area (Å²) >= 11 is 0. The zero-order chi connectivity index (χ0) is 13.1. The molecule has 1 unspecified atom stereocenters. The monoisotopic (exact) mass is 253 g/mol. The smallest absolute Gasteiger partial charge is 0.357 e. The normalized spacial score (nSPS) is 19.3. The molecule has 1 aliphatic rings. The highest BCUT2D eigenvalue weighted by Gasteiger charge is 2.29. The van der Waals surface area contributed by atoms with Crippen LogP contribution in [-0.2, 0) is 4.79 Å². The van der Waals surface area contributed by atoms with E-state index in [1.807, 2.05) is 6.92 Å². The molecule has 0 aliphatic carbocycles. The molecule has 0 spiro atoms. The maximum Gasteiger partial charge on any atom is 0.357 e. The van der Waals surface area contributed by atoms with Crippen LogP contribution in [0, 0.1) is 0 Å². The number of oxazole rings is 1. The van der Waals surface area contributed by atoms with Gasteiger partial charge in [-0.3, -0.25) is 4.79 Å². The van der Waals surface area contributed by atoms with E-state index in [1.54, 1.807) is 4.90 Å². The number of amides is 1. The lowest BCUT2D eigenvalue weighted by Crippen LogP contribution is -2.28. The number of anilines is 1. The lowest BCUT2D eigenvalue weighted by molar-refractivity contribution is -0.127. The van der Waals surface area contributed by atoms with Crippen molar-refractivity contribution in [2.45, 2.75) is 25.8 Å². The van der Waals surface area contributed by atoms with Gasteiger partial charge in [0.1, 0.15) is 6.26 Å². The highest BCUT2D eigenvalue weighted by Crippen LogP contribution is 2.17. The van der Waals surface area contributed by atoms with Gasteiger partial charge in [-0.2, -0.15) is 4.98 Å². The third-order valence-corrected chi connectivity index (χ3v) is 2.76. The van der Waals surface area contributed by atoms with E-state index >= 15 is 0 Å². The van der Waals surface area contributed by atoms with Crippen molar-refractivity contribution in [3.05, 3.63) is 12.0 Å². The van der Waals surface area contributed by atoms with Crippen LogP contribution in [0.25, 0.3) is 0 Å². The Hall–Kier alpha value is -2.05. The molecule has 98 valence electrons. The summed E-state index contributed by atoms with van der Waals surface area (Å²) < 4.78 is 4.99. The van der Waals surface area contributed by atoms with Crippen molar-refractivity contribution < 1.29 is 19.1 Å². The molecule has 1 saturated heterocycles. The molecule has 0 radical (unpaired) electrons. The number of carbonyl (C=O) groups is 2. The van der Waals surface area contributed by atoms with Crippen molar-refractivity contribution in [3.63, 3.8) is 0 Å². The van der Waals surface area contributed by atoms with Gasteiger partial charge in [0.05, 0.1) is 6.04 Å². The first kappa shape index (κ1) is 12.4. The van der Waals surface area contributed by atoms with Crippen LogP contribution < -0.4 is 5.32 Å². The van der Waals surface area contributed by atoms with Gasteiger partial charge >= 0.3 is 5.97 Å². The Bertz CT molecular complexity index is 457. The number of aromatic carboxylic acids is 1. The van der Waals surface area contributed by atoms with Gasteiger partial charge < -0.3 is 19.7 Å². The van der Waals surface area contributed by atoms with Crippen molar-refractivity contribution in [1.82, 2.24) is 9.88 Å². The van der Waals surface area contributed by atoms with Crippen molar-refractivity contribution in [1.29, 1.82) is 0 Å². The summed E-state index contributed by atoms with van der Waals surface area (Å²) in [6.45, 7) is 3.35. The second-order valence-corrected chi connectivity index (χ2v) is 4.23. The zero-order valence-corrected chi connectivity index (χ0v) is 10.0. The Balaban J connectivity index is 1.94. The molecule has 1 aromatic heterocycles. The second-order valence-electron chi connectivity index (χ2n) is 4.23. The molecule has 2 heterocycles. The van der Waals surface area contributed by atoms with Crippen LogP contribution >= 0.6 is 0 Å². The third kappa shape index (κ3) is 2.61. The lowest BCUT2D eigenvalue weighted by Gasteiger charge is -2.15. The fraction of sp³-hybridized carbons (Fsp3) is 0.545. The number of carbonyl (C=O) groups excluding carboxylic acids is 1. The predicted octanol–water partition coefficient (Wildman–Crippen LogP) is 0.796. The summed E-state index contributed by atoms with van der Waals surface area (Å²) in [6, 6.07) is 0.0629. The first-order chi connectivity index (χ1) is 8.60. The van der Waals surface area contributed by atoms with Crippen LogP contribution in [0.3, 0.4) is 0 Å². The minimum absolute atomic E-state index is 0.0793. The number of nitrogens with zero attached hydrogens (tertiary/aromatic N) is 2. The Morgan fingerprint density at radius 3 is 3.11 bits per heavy atom. The molecule has 2 rings (SSSR count). The van der Waals surface area contributed by atoms with E-state index in [2.05, 4.69) is 10.3 Å². The van der Waals surface area contributed by atoms with E-state index < -0.39 is 5.97 Å². The Morgan fingerprint density at radius 2 is 2.50 bits per heavy atom. The average Bonchev–Trinajstić information content (AvgIpc) is 2.88. The van der Waals surface area contributed by atoms with Crippen LogP contribution in [0.1, 0.15) is 30.3 Å². The van der Waals surface area contributed by atoms with Crippen molar-refractivity contribution in [3.8, 4) is 0 Å². The van der Waals surface area contributed by atoms with Gasteiger partial charge in [0.2, 0.25) is 5.91 Å². The number of aromatic nitrogens is 1. The molecule has 7 heteroatoms. The molecule has 18 heavy (non-hydrogen) atoms. The van der Waals surface area contributed by atoms with E-state index in [1.165, 1.54) is 0 Å². The molecule has 0 bridgehead atoms. The summed E-state index contributed by atoms with van der Waals surface area (Å²) in [5, 5.41) is 11.6. The molecule has 0 aromatic carbocycles. The van der Waals surface area contributed by atoms with Gasteiger partial charge in [0.15, 0.2) is 5.69 Å². The maximum absolute atomic E-state index is 11.6. The lowest BCUT2D eigenvalue weighted by atomic mass is 10.3. The Labute approximate surface area is 104 Å². The highest BCUT2D eigenvalue weighted by molar-refractivity contribution is 5.85. The van der Waals surface area contributed by atoms with Crippen LogP contribution in [-0.4, -0.2) is 46.0 Å². The van der Waals surface area contributed by atoms with Crippen LogP contribution in [0.15, 0.2) is 10.7 Å². The van der Waals surface area contributed by atoms with E-state index in [0.717, 1.165) is 19.2 Å². The van der Waals surface area contributed by atoms with Crippen molar-refractivity contribution in [2.24, 2.45) is 0 Å². The molecule has 2 N–H and O–H groups in total. The fourth-order valence-corrected chi connectivity index (χ4v) is 1.97. The van der Waals surface area contributed by atoms with Gasteiger partial charge in [0.25, 0.3) is 6.01 Å². The molecule has 1 amide bonds. The SMILES string of the molecule is CCCN1CC(Nc2nc(C(=O)O)co2)CC1=O. The number of nitrogens with one attached hydrogen (secondary N) is 1. The number of carboxylic acids is 1. The Kier molecular flexibility index (Phi) is 3.50. The number of likely N-dealkylation sites (tertiary alicyclic amines) is 1. The molecule has 1 aliphatic heterocycles. The molecular weight excluding hydrogens is 238 g/mol. The number of hydrogen-bond donors (Lipinski definition) is 2. The van der Waals surface area contributed by atoms with E-state index in [-0.39, 0.29) is 23.7 Å². The zero-order valence-electron chi connectivity index (χ0n) is 10.0. The quantitative estimate of drug-likeness (QED) is 0.805. The topological polar surface area (TPSA) is 95.7 Å². The molecular formula is C11H15N3O4. The van der Waals surface area contributed by atoms with E-state index in [4.69, 9.17) is 9.52 Å². The van der Waals surface area contributed by atoms with Gasteiger partial charge in [-0.1, -0.05) is 6.92 Å². The summed E-state index contributed by atoms with van der Waals surface area (Å²) in [5.41, 5.74) is -0.146. The fourth-order valence-electron chi connectivity index (χ4n) is 1.97. The van der Waals surface area contributed by atoms with Gasteiger partial charge in [0, 0.05) is 19.5 Å². The van der Waals surface area contributed by atoms with Crippen LogP contribution in [0.4, 0.5) is 6.01 Å². The second kappa shape index (κ2) is 5.07. The Morgan fingerprint density at radius 1 is 1.72 bits per heavy atom. The number of rotatable bonds is 5. The van der Waals surface area contributed by atoms with Gasteiger partial charge in [-0.15, -0.1) is 0 Å². The van der Waals surface area contributed by atoms with Gasteiger partial charge in [-0.25, -0.2) is 4.79 Å². The molecule has 1 atom stereocenters. The van der Waals surface area contributed by atoms with Crippen LogP contribution in [0.2, 0.25) is 0 Å².